The topological polar surface area (TPSA) is 40.5 Å². The highest BCUT2D eigenvalue weighted by molar-refractivity contribution is 5.80. The van der Waals surface area contributed by atoms with Crippen LogP contribution < -0.4 is 0 Å². The van der Waals surface area contributed by atoms with Crippen LogP contribution in [-0.2, 0) is 5.60 Å². The summed E-state index contributed by atoms with van der Waals surface area (Å²) in [5, 5.41) is 22.9. The first-order valence-electron chi connectivity index (χ1n) is 7.81. The van der Waals surface area contributed by atoms with Crippen molar-refractivity contribution in [1.82, 2.24) is 0 Å². The van der Waals surface area contributed by atoms with Gasteiger partial charge >= 0.3 is 0 Å². The molecule has 0 aliphatic heterocycles. The van der Waals surface area contributed by atoms with E-state index in [0.29, 0.717) is 12.8 Å². The van der Waals surface area contributed by atoms with Crippen molar-refractivity contribution in [3.8, 4) is 11.1 Å². The average molecular weight is 280 g/mol. The second-order valence-corrected chi connectivity index (χ2v) is 6.39. The molecule has 2 N–H and O–H groups in total. The van der Waals surface area contributed by atoms with E-state index in [0.717, 1.165) is 41.5 Å². The minimum absolute atomic E-state index is 0.659. The summed E-state index contributed by atoms with van der Waals surface area (Å²) in [6.45, 7) is 0. The summed E-state index contributed by atoms with van der Waals surface area (Å²) in [4.78, 5) is 0. The van der Waals surface area contributed by atoms with Crippen molar-refractivity contribution < 1.29 is 10.2 Å². The lowest BCUT2D eigenvalue weighted by atomic mass is 9.68. The number of fused-ring (bicyclic) bond motifs is 3. The largest absolute Gasteiger partial charge is 0.386 e. The molecule has 0 saturated heterocycles. The Hall–Kier alpha value is -1.64. The molecule has 2 aliphatic rings. The van der Waals surface area contributed by atoms with Gasteiger partial charge in [-0.15, -0.1) is 0 Å². The van der Waals surface area contributed by atoms with Gasteiger partial charge in [-0.1, -0.05) is 67.8 Å². The predicted octanol–water partition coefficient (Wildman–Crippen LogP) is 3.60. The highest BCUT2D eigenvalue weighted by Crippen LogP contribution is 2.55. The van der Waals surface area contributed by atoms with Crippen molar-refractivity contribution in [3.05, 3.63) is 59.7 Å². The Morgan fingerprint density at radius 3 is 1.67 bits per heavy atom. The fourth-order valence-corrected chi connectivity index (χ4v) is 4.21. The summed E-state index contributed by atoms with van der Waals surface area (Å²) >= 11 is 0. The summed E-state index contributed by atoms with van der Waals surface area (Å²) in [5.41, 5.74) is 1.48. The molecule has 21 heavy (non-hydrogen) atoms. The van der Waals surface area contributed by atoms with Gasteiger partial charge in [0.15, 0.2) is 0 Å². The Bertz CT molecular complexity index is 638. The second kappa shape index (κ2) is 4.43. The number of rotatable bonds is 1. The van der Waals surface area contributed by atoms with E-state index in [1.165, 1.54) is 0 Å². The van der Waals surface area contributed by atoms with Crippen LogP contribution in [-0.4, -0.2) is 15.8 Å². The van der Waals surface area contributed by atoms with Crippen LogP contribution in [0, 0.1) is 0 Å². The first-order chi connectivity index (χ1) is 10.2. The maximum Gasteiger partial charge on any atom is 0.144 e. The highest BCUT2D eigenvalue weighted by Gasteiger charge is 2.56. The molecule has 4 rings (SSSR count). The Labute approximate surface area is 125 Å². The Morgan fingerprint density at radius 2 is 1.14 bits per heavy atom. The van der Waals surface area contributed by atoms with E-state index in [2.05, 4.69) is 0 Å². The standard InChI is InChI=1S/C19H20O2/c20-18(12-6-1-7-13-18)19(21)16-10-4-2-8-14(16)15-9-3-5-11-17(15)19/h2-5,8-11,20-21H,1,6-7,12-13H2. The van der Waals surface area contributed by atoms with Gasteiger partial charge in [0.1, 0.15) is 11.2 Å². The number of aliphatic hydroxyl groups is 2. The van der Waals surface area contributed by atoms with Gasteiger partial charge in [0.2, 0.25) is 0 Å². The summed E-state index contributed by atoms with van der Waals surface area (Å²) in [6.07, 6.45) is 4.41. The average Bonchev–Trinajstić information content (AvgIpc) is 2.80. The minimum atomic E-state index is -1.28. The molecule has 2 heteroatoms. The van der Waals surface area contributed by atoms with Gasteiger partial charge < -0.3 is 10.2 Å². The minimum Gasteiger partial charge on any atom is -0.386 e. The molecule has 2 aromatic rings. The first kappa shape index (κ1) is 13.1. The van der Waals surface area contributed by atoms with E-state index in [1.54, 1.807) is 0 Å². The van der Waals surface area contributed by atoms with E-state index in [9.17, 15) is 10.2 Å². The van der Waals surface area contributed by atoms with E-state index < -0.39 is 11.2 Å². The molecule has 2 nitrogen and oxygen atoms in total. The lowest BCUT2D eigenvalue weighted by Crippen LogP contribution is -2.52. The van der Waals surface area contributed by atoms with Gasteiger partial charge in [-0.2, -0.15) is 0 Å². The Kier molecular flexibility index (Phi) is 2.75. The molecule has 2 aromatic carbocycles. The summed E-state index contributed by atoms with van der Waals surface area (Å²) in [5.74, 6) is 0. The molecule has 0 amide bonds. The Balaban J connectivity index is 1.99. The zero-order chi connectivity index (χ0) is 14.5. The molecule has 108 valence electrons. The quantitative estimate of drug-likeness (QED) is 0.838. The number of hydrogen-bond donors (Lipinski definition) is 2. The molecular weight excluding hydrogens is 260 g/mol. The summed E-state index contributed by atoms with van der Waals surface area (Å²) in [7, 11) is 0. The van der Waals surface area contributed by atoms with Crippen LogP contribution in [0.2, 0.25) is 0 Å². The van der Waals surface area contributed by atoms with E-state index in [-0.39, 0.29) is 0 Å². The summed E-state index contributed by atoms with van der Waals surface area (Å²) in [6, 6.07) is 15.9. The van der Waals surface area contributed by atoms with Gasteiger partial charge in [-0.05, 0) is 35.1 Å². The van der Waals surface area contributed by atoms with Crippen LogP contribution >= 0.6 is 0 Å². The lowest BCUT2D eigenvalue weighted by Gasteiger charge is -2.45. The van der Waals surface area contributed by atoms with E-state index >= 15 is 0 Å². The molecule has 0 heterocycles. The molecule has 0 unspecified atom stereocenters. The molecule has 0 atom stereocenters. The Morgan fingerprint density at radius 1 is 0.667 bits per heavy atom. The summed E-state index contributed by atoms with van der Waals surface area (Å²) < 4.78 is 0. The van der Waals surface area contributed by atoms with Crippen molar-refractivity contribution in [3.63, 3.8) is 0 Å². The van der Waals surface area contributed by atoms with Crippen molar-refractivity contribution in [2.45, 2.75) is 43.3 Å². The third-order valence-electron chi connectivity index (χ3n) is 5.28. The molecule has 1 saturated carbocycles. The van der Waals surface area contributed by atoms with Crippen LogP contribution in [0.15, 0.2) is 48.5 Å². The zero-order valence-electron chi connectivity index (χ0n) is 12.0. The van der Waals surface area contributed by atoms with Crippen LogP contribution in [0.4, 0.5) is 0 Å². The first-order valence-corrected chi connectivity index (χ1v) is 7.81. The molecule has 0 aromatic heterocycles. The fraction of sp³-hybridized carbons (Fsp3) is 0.368. The predicted molar refractivity (Wildman–Crippen MR) is 82.9 cm³/mol. The number of benzene rings is 2. The van der Waals surface area contributed by atoms with Crippen LogP contribution in [0.25, 0.3) is 11.1 Å². The number of hydrogen-bond acceptors (Lipinski definition) is 2. The molecule has 0 spiro atoms. The molecule has 0 bridgehead atoms. The van der Waals surface area contributed by atoms with Crippen molar-refractivity contribution in [2.75, 3.05) is 0 Å². The van der Waals surface area contributed by atoms with Gasteiger partial charge in [0.25, 0.3) is 0 Å². The van der Waals surface area contributed by atoms with Gasteiger partial charge in [0.05, 0.1) is 0 Å². The highest BCUT2D eigenvalue weighted by atomic mass is 16.4. The molecule has 0 radical (unpaired) electrons. The zero-order valence-corrected chi connectivity index (χ0v) is 12.0. The van der Waals surface area contributed by atoms with Crippen LogP contribution in [0.5, 0.6) is 0 Å². The van der Waals surface area contributed by atoms with E-state index in [4.69, 9.17) is 0 Å². The second-order valence-electron chi connectivity index (χ2n) is 6.39. The van der Waals surface area contributed by atoms with Gasteiger partial charge in [0, 0.05) is 0 Å². The molecule has 2 aliphatic carbocycles. The fourth-order valence-electron chi connectivity index (χ4n) is 4.21. The molecular formula is C19H20O2. The normalized spacial score (nSPS) is 21.6. The maximum absolute atomic E-state index is 11.6. The van der Waals surface area contributed by atoms with E-state index in [1.807, 2.05) is 48.5 Å². The monoisotopic (exact) mass is 280 g/mol. The lowest BCUT2D eigenvalue weighted by molar-refractivity contribution is -0.149. The molecule has 1 fully saturated rings. The van der Waals surface area contributed by atoms with Crippen LogP contribution in [0.3, 0.4) is 0 Å². The van der Waals surface area contributed by atoms with Crippen LogP contribution in [0.1, 0.15) is 43.2 Å². The smallest absolute Gasteiger partial charge is 0.144 e. The van der Waals surface area contributed by atoms with Crippen molar-refractivity contribution in [2.24, 2.45) is 0 Å². The maximum atomic E-state index is 11.6. The third-order valence-corrected chi connectivity index (χ3v) is 5.28. The van der Waals surface area contributed by atoms with Crippen molar-refractivity contribution in [1.29, 1.82) is 0 Å². The third kappa shape index (κ3) is 1.60. The SMILES string of the molecule is OC1(C2(O)c3ccccc3-c3ccccc32)CCCCC1. The van der Waals surface area contributed by atoms with Gasteiger partial charge in [-0.25, -0.2) is 0 Å². The van der Waals surface area contributed by atoms with Crippen molar-refractivity contribution >= 4 is 0 Å². The van der Waals surface area contributed by atoms with Gasteiger partial charge in [-0.3, -0.25) is 0 Å².